The van der Waals surface area contributed by atoms with E-state index in [9.17, 15) is 9.90 Å². The number of hydrogen-bond acceptors (Lipinski definition) is 4. The first-order valence-electron chi connectivity index (χ1n) is 6.98. The maximum absolute atomic E-state index is 11.8. The number of methoxy groups -OCH3 is 1. The zero-order valence-electron chi connectivity index (χ0n) is 12.2. The molecule has 0 unspecified atom stereocenters. The van der Waals surface area contributed by atoms with E-state index in [1.165, 1.54) is 12.7 Å². The molecule has 2 aliphatic rings. The predicted molar refractivity (Wildman–Crippen MR) is 74.3 cm³/mol. The Morgan fingerprint density at radius 3 is 3.00 bits per heavy atom. The van der Waals surface area contributed by atoms with Gasteiger partial charge in [-0.1, -0.05) is 12.5 Å². The molecule has 0 amide bonds. The molecule has 0 spiro atoms. The molecule has 1 fully saturated rings. The normalized spacial score (nSPS) is 28.3. The Balaban J connectivity index is 2.06. The number of hydrogen-bond donors (Lipinski definition) is 1. The molecule has 1 aromatic rings. The summed E-state index contributed by atoms with van der Waals surface area (Å²) in [7, 11) is 1.36. The Kier molecular flexibility index (Phi) is 3.01. The molecule has 1 saturated carbocycles. The third-order valence-electron chi connectivity index (χ3n) is 4.79. The molecule has 1 N–H and O–H groups in total. The average Bonchev–Trinajstić information content (AvgIpc) is 3.00. The Morgan fingerprint density at radius 1 is 1.60 bits per heavy atom. The lowest BCUT2D eigenvalue weighted by atomic mass is 9.82. The van der Waals surface area contributed by atoms with Crippen molar-refractivity contribution >= 4 is 11.5 Å². The molecule has 0 radical (unpaired) electrons. The SMILES string of the molecule is COC(=O)c1occ2c1C(C)=C1C[C@](C)(CO)C[C@H]1C2. The van der Waals surface area contributed by atoms with Crippen molar-refractivity contribution in [1.82, 2.24) is 0 Å². The van der Waals surface area contributed by atoms with E-state index >= 15 is 0 Å². The molecule has 0 bridgehead atoms. The second-order valence-electron chi connectivity index (χ2n) is 6.36. The Bertz CT molecular complexity index is 596. The van der Waals surface area contributed by atoms with Gasteiger partial charge in [0.15, 0.2) is 0 Å². The number of rotatable bonds is 2. The summed E-state index contributed by atoms with van der Waals surface area (Å²) in [6.45, 7) is 4.38. The zero-order chi connectivity index (χ0) is 14.5. The second kappa shape index (κ2) is 4.48. The lowest BCUT2D eigenvalue weighted by Gasteiger charge is -2.21. The van der Waals surface area contributed by atoms with Crippen molar-refractivity contribution in [2.45, 2.75) is 33.1 Å². The van der Waals surface area contributed by atoms with Gasteiger partial charge in [0.25, 0.3) is 0 Å². The standard InChI is InChI=1S/C16H20O4/c1-9-12-6-16(2,8-17)5-10(12)4-11-7-20-14(13(9)11)15(18)19-3/h7,10,17H,4-6,8H2,1-3H3/t10-,16-/m1/s1. The number of carbonyl (C=O) groups excluding carboxylic acids is 1. The van der Waals surface area contributed by atoms with Gasteiger partial charge in [0, 0.05) is 12.2 Å². The van der Waals surface area contributed by atoms with Crippen LogP contribution in [-0.2, 0) is 11.2 Å². The van der Waals surface area contributed by atoms with Crippen molar-refractivity contribution in [3.8, 4) is 0 Å². The molecular weight excluding hydrogens is 256 g/mol. The minimum absolute atomic E-state index is 0.0344. The van der Waals surface area contributed by atoms with Crippen LogP contribution in [0, 0.1) is 11.3 Å². The van der Waals surface area contributed by atoms with E-state index in [4.69, 9.17) is 9.15 Å². The third kappa shape index (κ3) is 1.82. The van der Waals surface area contributed by atoms with Crippen molar-refractivity contribution in [1.29, 1.82) is 0 Å². The van der Waals surface area contributed by atoms with E-state index in [0.29, 0.717) is 11.7 Å². The molecule has 4 nitrogen and oxygen atoms in total. The average molecular weight is 276 g/mol. The van der Waals surface area contributed by atoms with Crippen LogP contribution < -0.4 is 0 Å². The van der Waals surface area contributed by atoms with Crippen LogP contribution >= 0.6 is 0 Å². The molecule has 2 atom stereocenters. The van der Waals surface area contributed by atoms with Crippen LogP contribution in [0.4, 0.5) is 0 Å². The first-order valence-corrected chi connectivity index (χ1v) is 6.98. The summed E-state index contributed by atoms with van der Waals surface area (Å²) >= 11 is 0. The number of fused-ring (bicyclic) bond motifs is 2. The van der Waals surface area contributed by atoms with Gasteiger partial charge in [0.2, 0.25) is 5.76 Å². The van der Waals surface area contributed by atoms with E-state index in [0.717, 1.165) is 36.0 Å². The van der Waals surface area contributed by atoms with Crippen molar-refractivity contribution in [2.24, 2.45) is 11.3 Å². The number of aliphatic hydroxyl groups is 1. The van der Waals surface area contributed by atoms with Gasteiger partial charge in [-0.2, -0.15) is 0 Å². The molecule has 108 valence electrons. The zero-order valence-corrected chi connectivity index (χ0v) is 12.2. The van der Waals surface area contributed by atoms with Crippen LogP contribution in [0.2, 0.25) is 0 Å². The summed E-state index contributed by atoms with van der Waals surface area (Å²) in [6, 6.07) is 0. The fourth-order valence-electron chi connectivity index (χ4n) is 3.77. The van der Waals surface area contributed by atoms with Gasteiger partial charge in [-0.15, -0.1) is 0 Å². The number of esters is 1. The van der Waals surface area contributed by atoms with Gasteiger partial charge in [-0.05, 0) is 48.7 Å². The maximum atomic E-state index is 11.8. The van der Waals surface area contributed by atoms with Gasteiger partial charge in [-0.3, -0.25) is 0 Å². The van der Waals surface area contributed by atoms with E-state index in [1.54, 1.807) is 6.26 Å². The second-order valence-corrected chi connectivity index (χ2v) is 6.36. The molecule has 4 heteroatoms. The highest BCUT2D eigenvalue weighted by atomic mass is 16.5. The molecule has 0 saturated heterocycles. The van der Waals surface area contributed by atoms with Crippen molar-refractivity contribution in [3.63, 3.8) is 0 Å². The van der Waals surface area contributed by atoms with Gasteiger partial charge < -0.3 is 14.3 Å². The summed E-state index contributed by atoms with van der Waals surface area (Å²) < 4.78 is 10.2. The summed E-state index contributed by atoms with van der Waals surface area (Å²) in [5.41, 5.74) is 4.44. The Morgan fingerprint density at radius 2 is 2.35 bits per heavy atom. The summed E-state index contributed by atoms with van der Waals surface area (Å²) in [5, 5.41) is 9.59. The van der Waals surface area contributed by atoms with Crippen molar-refractivity contribution < 1.29 is 19.1 Å². The smallest absolute Gasteiger partial charge is 0.374 e. The van der Waals surface area contributed by atoms with Crippen LogP contribution in [0.1, 0.15) is 48.4 Å². The van der Waals surface area contributed by atoms with Gasteiger partial charge in [0.05, 0.1) is 13.4 Å². The molecule has 20 heavy (non-hydrogen) atoms. The Labute approximate surface area is 118 Å². The van der Waals surface area contributed by atoms with Crippen LogP contribution in [0.3, 0.4) is 0 Å². The van der Waals surface area contributed by atoms with Gasteiger partial charge >= 0.3 is 5.97 Å². The summed E-state index contributed by atoms with van der Waals surface area (Å²) in [6.07, 6.45) is 4.45. The summed E-state index contributed by atoms with van der Waals surface area (Å²) in [4.78, 5) is 11.8. The molecule has 0 aromatic carbocycles. The fourth-order valence-corrected chi connectivity index (χ4v) is 3.77. The maximum Gasteiger partial charge on any atom is 0.374 e. The molecular formula is C16H20O4. The number of ether oxygens (including phenoxy) is 1. The van der Waals surface area contributed by atoms with Gasteiger partial charge in [0.1, 0.15) is 0 Å². The highest BCUT2D eigenvalue weighted by Crippen LogP contribution is 2.52. The van der Waals surface area contributed by atoms with E-state index < -0.39 is 5.97 Å². The molecule has 1 aromatic heterocycles. The van der Waals surface area contributed by atoms with Crippen LogP contribution in [0.15, 0.2) is 16.3 Å². The summed E-state index contributed by atoms with van der Waals surface area (Å²) in [5.74, 6) is 0.346. The van der Waals surface area contributed by atoms with Crippen molar-refractivity contribution in [2.75, 3.05) is 13.7 Å². The number of allylic oxidation sites excluding steroid dienone is 2. The number of carbonyl (C=O) groups is 1. The minimum atomic E-state index is -0.424. The predicted octanol–water partition coefficient (Wildman–Crippen LogP) is 2.80. The number of furan rings is 1. The molecule has 2 aliphatic carbocycles. The lowest BCUT2D eigenvalue weighted by molar-refractivity contribution is 0.0564. The number of aliphatic hydroxyl groups excluding tert-OH is 1. The fraction of sp³-hybridized carbons (Fsp3) is 0.562. The van der Waals surface area contributed by atoms with Crippen LogP contribution in [0.5, 0.6) is 0 Å². The lowest BCUT2D eigenvalue weighted by Crippen LogP contribution is -2.17. The van der Waals surface area contributed by atoms with Crippen LogP contribution in [0.25, 0.3) is 5.57 Å². The molecule has 3 rings (SSSR count). The largest absolute Gasteiger partial charge is 0.463 e. The molecule has 0 aliphatic heterocycles. The van der Waals surface area contributed by atoms with Crippen LogP contribution in [-0.4, -0.2) is 24.8 Å². The van der Waals surface area contributed by atoms with E-state index in [1.807, 2.05) is 6.92 Å². The third-order valence-corrected chi connectivity index (χ3v) is 4.79. The van der Waals surface area contributed by atoms with Crippen molar-refractivity contribution in [3.05, 3.63) is 28.7 Å². The quantitative estimate of drug-likeness (QED) is 0.844. The van der Waals surface area contributed by atoms with E-state index in [2.05, 4.69) is 6.92 Å². The first-order chi connectivity index (χ1) is 9.49. The highest BCUT2D eigenvalue weighted by molar-refractivity contribution is 5.94. The Hall–Kier alpha value is -1.55. The first kappa shape index (κ1) is 13.4. The monoisotopic (exact) mass is 276 g/mol. The molecule has 1 heterocycles. The van der Waals surface area contributed by atoms with E-state index in [-0.39, 0.29) is 12.0 Å². The van der Waals surface area contributed by atoms with Gasteiger partial charge in [-0.25, -0.2) is 4.79 Å². The highest BCUT2D eigenvalue weighted by Gasteiger charge is 2.42. The topological polar surface area (TPSA) is 59.7 Å². The minimum Gasteiger partial charge on any atom is -0.463 e.